The highest BCUT2D eigenvalue weighted by molar-refractivity contribution is 5.87. The number of amides is 2. The van der Waals surface area contributed by atoms with E-state index in [9.17, 15) is 4.79 Å². The van der Waals surface area contributed by atoms with E-state index in [2.05, 4.69) is 25.7 Å². The van der Waals surface area contributed by atoms with Gasteiger partial charge in [-0.1, -0.05) is 6.07 Å². The Labute approximate surface area is 130 Å². The van der Waals surface area contributed by atoms with E-state index in [1.165, 1.54) is 0 Å². The molecule has 118 valence electrons. The molecule has 2 heterocycles. The molecule has 0 saturated heterocycles. The first kappa shape index (κ1) is 15.9. The molecule has 0 spiro atoms. The largest absolute Gasteiger partial charge is 0.335 e. The Bertz CT molecular complexity index is 616. The lowest BCUT2D eigenvalue weighted by atomic mass is 10.1. The quantitative estimate of drug-likeness (QED) is 0.906. The zero-order valence-electron chi connectivity index (χ0n) is 13.4. The zero-order valence-corrected chi connectivity index (χ0v) is 13.4. The van der Waals surface area contributed by atoms with Gasteiger partial charge in [-0.05, 0) is 45.7 Å². The zero-order chi connectivity index (χ0) is 16.2. The van der Waals surface area contributed by atoms with Gasteiger partial charge < -0.3 is 5.32 Å². The van der Waals surface area contributed by atoms with Gasteiger partial charge in [0.2, 0.25) is 5.95 Å². The van der Waals surface area contributed by atoms with Gasteiger partial charge in [-0.2, -0.15) is 0 Å². The van der Waals surface area contributed by atoms with Crippen LogP contribution in [0.25, 0.3) is 0 Å². The van der Waals surface area contributed by atoms with Gasteiger partial charge in [-0.3, -0.25) is 10.3 Å². The van der Waals surface area contributed by atoms with Crippen LogP contribution >= 0.6 is 0 Å². The third-order valence-electron chi connectivity index (χ3n) is 3.05. The van der Waals surface area contributed by atoms with Crippen LogP contribution in [0.2, 0.25) is 0 Å². The second kappa shape index (κ2) is 6.55. The molecule has 2 rings (SSSR count). The first-order chi connectivity index (χ1) is 10.3. The fourth-order valence-corrected chi connectivity index (χ4v) is 1.93. The minimum absolute atomic E-state index is 0.0195. The summed E-state index contributed by atoms with van der Waals surface area (Å²) in [7, 11) is 0. The first-order valence-corrected chi connectivity index (χ1v) is 7.23. The molecular formula is C15H22N6O. The van der Waals surface area contributed by atoms with Gasteiger partial charge in [0.05, 0.1) is 5.54 Å². The van der Waals surface area contributed by atoms with Crippen molar-refractivity contribution < 1.29 is 4.79 Å². The van der Waals surface area contributed by atoms with Crippen LogP contribution in [0.5, 0.6) is 0 Å². The molecule has 0 saturated carbocycles. The number of carbonyl (C=O) groups is 1. The fraction of sp³-hybridized carbons (Fsp3) is 0.467. The Hall–Kier alpha value is -2.44. The maximum absolute atomic E-state index is 11.9. The fourth-order valence-electron chi connectivity index (χ4n) is 1.93. The summed E-state index contributed by atoms with van der Waals surface area (Å²) < 4.78 is 1.71. The molecule has 0 aromatic carbocycles. The van der Waals surface area contributed by atoms with E-state index in [1.807, 2.05) is 39.8 Å². The average Bonchev–Trinajstić information content (AvgIpc) is 2.87. The summed E-state index contributed by atoms with van der Waals surface area (Å²) in [6.45, 7) is 7.98. The minimum atomic E-state index is -0.317. The second-order valence-corrected chi connectivity index (χ2v) is 6.25. The smallest absolute Gasteiger partial charge is 0.321 e. The number of nitrogens with one attached hydrogen (secondary N) is 2. The molecule has 2 amide bonds. The molecule has 7 nitrogen and oxygen atoms in total. The van der Waals surface area contributed by atoms with E-state index in [1.54, 1.807) is 23.4 Å². The predicted octanol–water partition coefficient (Wildman–Crippen LogP) is 2.18. The summed E-state index contributed by atoms with van der Waals surface area (Å²) in [6, 6.07) is 3.53. The molecule has 0 aliphatic heterocycles. The van der Waals surface area contributed by atoms with E-state index >= 15 is 0 Å². The topological polar surface area (TPSA) is 84.7 Å². The SMILES string of the molecule is CC(Cc1cccnc1)NC(=O)Nc1ncn(C(C)(C)C)n1. The van der Waals surface area contributed by atoms with Crippen molar-refractivity contribution in [1.82, 2.24) is 25.1 Å². The van der Waals surface area contributed by atoms with Crippen LogP contribution < -0.4 is 10.6 Å². The number of anilines is 1. The van der Waals surface area contributed by atoms with Crippen molar-refractivity contribution in [2.24, 2.45) is 0 Å². The summed E-state index contributed by atoms with van der Waals surface area (Å²) in [5.74, 6) is 0.293. The number of urea groups is 1. The molecule has 1 unspecified atom stereocenters. The number of rotatable bonds is 4. The van der Waals surface area contributed by atoms with E-state index in [-0.39, 0.29) is 17.6 Å². The van der Waals surface area contributed by atoms with Crippen molar-refractivity contribution in [3.05, 3.63) is 36.4 Å². The summed E-state index contributed by atoms with van der Waals surface area (Å²) >= 11 is 0. The highest BCUT2D eigenvalue weighted by atomic mass is 16.2. The van der Waals surface area contributed by atoms with Gasteiger partial charge >= 0.3 is 6.03 Å². The Morgan fingerprint density at radius 3 is 2.77 bits per heavy atom. The number of aromatic nitrogens is 4. The molecule has 22 heavy (non-hydrogen) atoms. The highest BCUT2D eigenvalue weighted by Crippen LogP contribution is 2.12. The number of nitrogens with zero attached hydrogens (tertiary/aromatic N) is 4. The lowest BCUT2D eigenvalue weighted by Gasteiger charge is -2.17. The van der Waals surface area contributed by atoms with E-state index in [4.69, 9.17) is 0 Å². The normalized spacial score (nSPS) is 12.7. The lowest BCUT2D eigenvalue weighted by Crippen LogP contribution is -2.37. The molecule has 2 N–H and O–H groups in total. The molecule has 0 fully saturated rings. The van der Waals surface area contributed by atoms with Crippen LogP contribution in [0.1, 0.15) is 33.3 Å². The Morgan fingerprint density at radius 1 is 1.41 bits per heavy atom. The number of carbonyl (C=O) groups excluding carboxylic acids is 1. The van der Waals surface area contributed by atoms with Crippen LogP contribution in [0.4, 0.5) is 10.7 Å². The van der Waals surface area contributed by atoms with Gasteiger partial charge in [0.1, 0.15) is 6.33 Å². The van der Waals surface area contributed by atoms with Crippen molar-refractivity contribution in [3.8, 4) is 0 Å². The molecule has 0 aliphatic rings. The van der Waals surface area contributed by atoms with Gasteiger partial charge in [0, 0.05) is 18.4 Å². The Morgan fingerprint density at radius 2 is 2.18 bits per heavy atom. The standard InChI is InChI=1S/C15H22N6O/c1-11(8-12-6-5-7-16-9-12)18-14(22)19-13-17-10-21(20-13)15(2,3)4/h5-7,9-11H,8H2,1-4H3,(H2,18,19,20,22). The van der Waals surface area contributed by atoms with Gasteiger partial charge in [0.15, 0.2) is 0 Å². The van der Waals surface area contributed by atoms with Crippen molar-refractivity contribution in [2.75, 3.05) is 5.32 Å². The van der Waals surface area contributed by atoms with Crippen molar-refractivity contribution in [2.45, 2.75) is 45.7 Å². The summed E-state index contributed by atoms with van der Waals surface area (Å²) in [5.41, 5.74) is 0.905. The van der Waals surface area contributed by atoms with Crippen molar-refractivity contribution in [1.29, 1.82) is 0 Å². The highest BCUT2D eigenvalue weighted by Gasteiger charge is 2.16. The molecule has 7 heteroatoms. The molecule has 2 aromatic rings. The average molecular weight is 302 g/mol. The lowest BCUT2D eigenvalue weighted by molar-refractivity contribution is 0.249. The second-order valence-electron chi connectivity index (χ2n) is 6.25. The van der Waals surface area contributed by atoms with Crippen LogP contribution in [0, 0.1) is 0 Å². The van der Waals surface area contributed by atoms with Gasteiger partial charge in [0.25, 0.3) is 0 Å². The molecular weight excluding hydrogens is 280 g/mol. The number of hydrogen-bond acceptors (Lipinski definition) is 4. The van der Waals surface area contributed by atoms with Crippen LogP contribution in [-0.2, 0) is 12.0 Å². The van der Waals surface area contributed by atoms with Gasteiger partial charge in [-0.15, -0.1) is 5.10 Å². The Kier molecular flexibility index (Phi) is 4.75. The molecule has 0 radical (unpaired) electrons. The summed E-state index contributed by atoms with van der Waals surface area (Å²) in [5, 5.41) is 9.74. The molecule has 0 bridgehead atoms. The summed E-state index contributed by atoms with van der Waals surface area (Å²) in [6.07, 6.45) is 5.84. The van der Waals surface area contributed by atoms with Crippen molar-refractivity contribution in [3.63, 3.8) is 0 Å². The minimum Gasteiger partial charge on any atom is -0.335 e. The summed E-state index contributed by atoms with van der Waals surface area (Å²) in [4.78, 5) is 20.1. The molecule has 1 atom stereocenters. The van der Waals surface area contributed by atoms with Gasteiger partial charge in [-0.25, -0.2) is 14.5 Å². The Balaban J connectivity index is 1.86. The van der Waals surface area contributed by atoms with Crippen LogP contribution in [-0.4, -0.2) is 31.8 Å². The van der Waals surface area contributed by atoms with E-state index in [0.717, 1.165) is 5.56 Å². The first-order valence-electron chi connectivity index (χ1n) is 7.23. The van der Waals surface area contributed by atoms with Crippen LogP contribution in [0.3, 0.4) is 0 Å². The molecule has 2 aromatic heterocycles. The van der Waals surface area contributed by atoms with E-state index in [0.29, 0.717) is 12.4 Å². The number of hydrogen-bond donors (Lipinski definition) is 2. The van der Waals surface area contributed by atoms with Crippen LogP contribution in [0.15, 0.2) is 30.9 Å². The predicted molar refractivity (Wildman–Crippen MR) is 84.6 cm³/mol. The number of pyridine rings is 1. The maximum Gasteiger partial charge on any atom is 0.321 e. The third-order valence-corrected chi connectivity index (χ3v) is 3.05. The third kappa shape index (κ3) is 4.54. The van der Waals surface area contributed by atoms with E-state index < -0.39 is 0 Å². The molecule has 0 aliphatic carbocycles. The monoisotopic (exact) mass is 302 g/mol. The maximum atomic E-state index is 11.9. The van der Waals surface area contributed by atoms with Crippen molar-refractivity contribution >= 4 is 12.0 Å².